The summed E-state index contributed by atoms with van der Waals surface area (Å²) in [5.41, 5.74) is 7.35. The van der Waals surface area contributed by atoms with Gasteiger partial charge in [0.1, 0.15) is 5.69 Å². The zero-order chi connectivity index (χ0) is 13.1. The Morgan fingerprint density at radius 3 is 2.44 bits per heavy atom. The van der Waals surface area contributed by atoms with Crippen LogP contribution in [0.2, 0.25) is 0 Å². The maximum absolute atomic E-state index is 5.73. The normalized spacial score (nSPS) is 12.2. The average molecular weight is 248 g/mol. The van der Waals surface area contributed by atoms with Crippen molar-refractivity contribution in [2.45, 2.75) is 13.0 Å². The van der Waals surface area contributed by atoms with Crippen LogP contribution in [0.15, 0.2) is 28.8 Å². The van der Waals surface area contributed by atoms with Gasteiger partial charge in [-0.1, -0.05) is 5.16 Å². The number of benzene rings is 1. The van der Waals surface area contributed by atoms with Gasteiger partial charge in [0.2, 0.25) is 0 Å². The van der Waals surface area contributed by atoms with Crippen LogP contribution in [-0.2, 0) is 0 Å². The standard InChI is InChI=1S/C13H16N2O3/c1-8(14)12-7-10(15-18-12)9-4-5-11(16-2)13(6-9)17-3/h4-8H,14H2,1-3H3. The Balaban J connectivity index is 2.38. The first-order chi connectivity index (χ1) is 8.65. The molecule has 96 valence electrons. The second kappa shape index (κ2) is 5.10. The molecule has 0 saturated carbocycles. The molecule has 1 aromatic carbocycles. The molecule has 18 heavy (non-hydrogen) atoms. The molecule has 5 heteroatoms. The first-order valence-corrected chi connectivity index (χ1v) is 5.60. The highest BCUT2D eigenvalue weighted by atomic mass is 16.5. The highest BCUT2D eigenvalue weighted by Gasteiger charge is 2.12. The maximum Gasteiger partial charge on any atom is 0.161 e. The van der Waals surface area contributed by atoms with E-state index in [1.54, 1.807) is 14.2 Å². The Hall–Kier alpha value is -2.01. The third-order valence-electron chi connectivity index (χ3n) is 2.66. The molecule has 5 nitrogen and oxygen atoms in total. The summed E-state index contributed by atoms with van der Waals surface area (Å²) in [7, 11) is 3.19. The van der Waals surface area contributed by atoms with Gasteiger partial charge in [0, 0.05) is 11.6 Å². The number of aromatic nitrogens is 1. The number of hydrogen-bond donors (Lipinski definition) is 1. The number of nitrogens with two attached hydrogens (primary N) is 1. The molecule has 1 aromatic heterocycles. The van der Waals surface area contributed by atoms with E-state index in [1.165, 1.54) is 0 Å². The van der Waals surface area contributed by atoms with Crippen LogP contribution < -0.4 is 15.2 Å². The number of nitrogens with zero attached hydrogens (tertiary/aromatic N) is 1. The van der Waals surface area contributed by atoms with E-state index < -0.39 is 0 Å². The van der Waals surface area contributed by atoms with Gasteiger partial charge in [0.15, 0.2) is 17.3 Å². The molecule has 0 saturated heterocycles. The van der Waals surface area contributed by atoms with Crippen molar-refractivity contribution < 1.29 is 14.0 Å². The van der Waals surface area contributed by atoms with Crippen LogP contribution in [0, 0.1) is 0 Å². The van der Waals surface area contributed by atoms with E-state index in [0.29, 0.717) is 17.3 Å². The van der Waals surface area contributed by atoms with E-state index in [-0.39, 0.29) is 6.04 Å². The van der Waals surface area contributed by atoms with Gasteiger partial charge in [-0.25, -0.2) is 0 Å². The molecule has 0 aliphatic carbocycles. The fourth-order valence-electron chi connectivity index (χ4n) is 1.64. The summed E-state index contributed by atoms with van der Waals surface area (Å²) in [5.74, 6) is 1.98. The van der Waals surface area contributed by atoms with Crippen LogP contribution in [0.1, 0.15) is 18.7 Å². The molecule has 0 fully saturated rings. The van der Waals surface area contributed by atoms with Gasteiger partial charge >= 0.3 is 0 Å². The third-order valence-corrected chi connectivity index (χ3v) is 2.66. The fraction of sp³-hybridized carbons (Fsp3) is 0.308. The molecule has 0 amide bonds. The van der Waals surface area contributed by atoms with Gasteiger partial charge in [-0.15, -0.1) is 0 Å². The fourth-order valence-corrected chi connectivity index (χ4v) is 1.64. The van der Waals surface area contributed by atoms with Gasteiger partial charge in [-0.05, 0) is 25.1 Å². The Labute approximate surface area is 105 Å². The zero-order valence-electron chi connectivity index (χ0n) is 10.6. The minimum absolute atomic E-state index is 0.175. The van der Waals surface area contributed by atoms with Crippen molar-refractivity contribution >= 4 is 0 Å². The second-order valence-corrected chi connectivity index (χ2v) is 3.97. The van der Waals surface area contributed by atoms with Gasteiger partial charge < -0.3 is 19.7 Å². The first kappa shape index (κ1) is 12.4. The van der Waals surface area contributed by atoms with E-state index in [0.717, 1.165) is 11.3 Å². The van der Waals surface area contributed by atoms with Crippen LogP contribution >= 0.6 is 0 Å². The molecule has 1 unspecified atom stereocenters. The predicted octanol–water partition coefficient (Wildman–Crippen LogP) is 2.38. The Morgan fingerprint density at radius 1 is 1.17 bits per heavy atom. The quantitative estimate of drug-likeness (QED) is 0.899. The van der Waals surface area contributed by atoms with Crippen LogP contribution in [0.4, 0.5) is 0 Å². The van der Waals surface area contributed by atoms with Crippen molar-refractivity contribution in [3.63, 3.8) is 0 Å². The minimum Gasteiger partial charge on any atom is -0.493 e. The molecule has 1 atom stereocenters. The van der Waals surface area contributed by atoms with Crippen LogP contribution in [0.25, 0.3) is 11.3 Å². The third kappa shape index (κ3) is 2.31. The van der Waals surface area contributed by atoms with E-state index >= 15 is 0 Å². The van der Waals surface area contributed by atoms with Crippen LogP contribution in [0.5, 0.6) is 11.5 Å². The Kier molecular flexibility index (Phi) is 3.53. The summed E-state index contributed by atoms with van der Waals surface area (Å²) in [5, 5.41) is 3.99. The molecule has 0 bridgehead atoms. The highest BCUT2D eigenvalue weighted by molar-refractivity contribution is 5.63. The van der Waals surface area contributed by atoms with Crippen molar-refractivity contribution in [2.75, 3.05) is 14.2 Å². The van der Waals surface area contributed by atoms with Gasteiger partial charge in [0.05, 0.1) is 20.3 Å². The number of ether oxygens (including phenoxy) is 2. The molecule has 0 aliphatic rings. The molecule has 0 aliphatic heterocycles. The summed E-state index contributed by atoms with van der Waals surface area (Å²) in [6, 6.07) is 7.22. The number of methoxy groups -OCH3 is 2. The van der Waals surface area contributed by atoms with Gasteiger partial charge in [-0.2, -0.15) is 0 Å². The van der Waals surface area contributed by atoms with E-state index in [4.69, 9.17) is 19.7 Å². The molecule has 1 heterocycles. The molecule has 2 N–H and O–H groups in total. The summed E-state index contributed by atoms with van der Waals surface area (Å²) >= 11 is 0. The Bertz CT molecular complexity index is 535. The number of rotatable bonds is 4. The van der Waals surface area contributed by atoms with E-state index in [2.05, 4.69) is 5.16 Å². The number of hydrogen-bond acceptors (Lipinski definition) is 5. The van der Waals surface area contributed by atoms with Crippen molar-refractivity contribution in [3.05, 3.63) is 30.0 Å². The lowest BCUT2D eigenvalue weighted by molar-refractivity contribution is 0.355. The maximum atomic E-state index is 5.73. The molecule has 2 aromatic rings. The largest absolute Gasteiger partial charge is 0.493 e. The minimum atomic E-state index is -0.175. The van der Waals surface area contributed by atoms with Crippen molar-refractivity contribution in [1.82, 2.24) is 5.16 Å². The SMILES string of the molecule is COc1ccc(-c2cc(C(C)N)on2)cc1OC. The molecule has 0 radical (unpaired) electrons. The first-order valence-electron chi connectivity index (χ1n) is 5.60. The summed E-state index contributed by atoms with van der Waals surface area (Å²) in [6.07, 6.45) is 0. The Morgan fingerprint density at radius 2 is 1.89 bits per heavy atom. The molecular formula is C13H16N2O3. The van der Waals surface area contributed by atoms with Crippen LogP contribution in [-0.4, -0.2) is 19.4 Å². The molecule has 2 rings (SSSR count). The summed E-state index contributed by atoms with van der Waals surface area (Å²) in [4.78, 5) is 0. The van der Waals surface area contributed by atoms with E-state index in [1.807, 2.05) is 31.2 Å². The molecular weight excluding hydrogens is 232 g/mol. The second-order valence-electron chi connectivity index (χ2n) is 3.97. The van der Waals surface area contributed by atoms with Crippen molar-refractivity contribution in [1.29, 1.82) is 0 Å². The summed E-state index contributed by atoms with van der Waals surface area (Å²) < 4.78 is 15.6. The van der Waals surface area contributed by atoms with Crippen molar-refractivity contribution in [3.8, 4) is 22.8 Å². The highest BCUT2D eigenvalue weighted by Crippen LogP contribution is 2.32. The monoisotopic (exact) mass is 248 g/mol. The lowest BCUT2D eigenvalue weighted by atomic mass is 10.1. The zero-order valence-corrected chi connectivity index (χ0v) is 10.6. The lowest BCUT2D eigenvalue weighted by Gasteiger charge is -2.07. The van der Waals surface area contributed by atoms with E-state index in [9.17, 15) is 0 Å². The van der Waals surface area contributed by atoms with Gasteiger partial charge in [0.25, 0.3) is 0 Å². The lowest BCUT2D eigenvalue weighted by Crippen LogP contribution is -2.02. The smallest absolute Gasteiger partial charge is 0.161 e. The molecule has 0 spiro atoms. The van der Waals surface area contributed by atoms with Gasteiger partial charge in [-0.3, -0.25) is 0 Å². The predicted molar refractivity (Wildman–Crippen MR) is 67.6 cm³/mol. The summed E-state index contributed by atoms with van der Waals surface area (Å²) in [6.45, 7) is 1.85. The topological polar surface area (TPSA) is 70.5 Å². The van der Waals surface area contributed by atoms with Crippen LogP contribution in [0.3, 0.4) is 0 Å². The van der Waals surface area contributed by atoms with Crippen molar-refractivity contribution in [2.24, 2.45) is 5.73 Å². The average Bonchev–Trinajstić information content (AvgIpc) is 2.87.